The number of hydrogen-bond acceptors (Lipinski definition) is 3. The highest BCUT2D eigenvalue weighted by Crippen LogP contribution is 2.30. The molecular weight excluding hydrogens is 316 g/mol. The van der Waals surface area contributed by atoms with Gasteiger partial charge in [0.25, 0.3) is 0 Å². The van der Waals surface area contributed by atoms with Gasteiger partial charge in [0.1, 0.15) is 6.61 Å². The number of ether oxygens (including phenoxy) is 2. The number of carbonyl (C=O) groups excluding carboxylic acids is 1. The second kappa shape index (κ2) is 7.24. The Morgan fingerprint density at radius 1 is 1.13 bits per heavy atom. The first-order chi connectivity index (χ1) is 11.2. The van der Waals surface area contributed by atoms with Crippen LogP contribution in [-0.2, 0) is 6.54 Å². The van der Waals surface area contributed by atoms with E-state index in [9.17, 15) is 4.79 Å². The number of hydrogen-bond donors (Lipinski definition) is 2. The van der Waals surface area contributed by atoms with Crippen LogP contribution in [0.2, 0.25) is 5.02 Å². The Bertz CT molecular complexity index is 693. The van der Waals surface area contributed by atoms with E-state index in [2.05, 4.69) is 10.6 Å². The Morgan fingerprint density at radius 3 is 2.78 bits per heavy atom. The maximum Gasteiger partial charge on any atom is 0.315 e. The van der Waals surface area contributed by atoms with Crippen LogP contribution in [0.3, 0.4) is 0 Å². The van der Waals surface area contributed by atoms with Crippen LogP contribution in [0.1, 0.15) is 5.56 Å². The van der Waals surface area contributed by atoms with E-state index in [1.807, 2.05) is 42.5 Å². The summed E-state index contributed by atoms with van der Waals surface area (Å²) in [4.78, 5) is 11.8. The van der Waals surface area contributed by atoms with Crippen LogP contribution < -0.4 is 20.1 Å². The van der Waals surface area contributed by atoms with E-state index in [1.54, 1.807) is 6.07 Å². The molecule has 120 valence electrons. The molecule has 1 aliphatic rings. The number of para-hydroxylation sites is 2. The van der Waals surface area contributed by atoms with E-state index in [1.165, 1.54) is 0 Å². The maximum absolute atomic E-state index is 11.8. The lowest BCUT2D eigenvalue weighted by Gasteiger charge is -2.26. The maximum atomic E-state index is 11.8. The van der Waals surface area contributed by atoms with Crippen molar-refractivity contribution in [3.8, 4) is 11.5 Å². The van der Waals surface area contributed by atoms with Crippen LogP contribution >= 0.6 is 11.6 Å². The van der Waals surface area contributed by atoms with Gasteiger partial charge >= 0.3 is 6.03 Å². The fourth-order valence-corrected chi connectivity index (χ4v) is 2.47. The van der Waals surface area contributed by atoms with Gasteiger partial charge in [0.2, 0.25) is 0 Å². The molecule has 0 aliphatic carbocycles. The van der Waals surface area contributed by atoms with Crippen molar-refractivity contribution >= 4 is 17.6 Å². The first-order valence-electron chi connectivity index (χ1n) is 7.35. The van der Waals surface area contributed by atoms with Gasteiger partial charge in [-0.15, -0.1) is 0 Å². The lowest BCUT2D eigenvalue weighted by atomic mass is 10.2. The number of halogens is 1. The monoisotopic (exact) mass is 332 g/mol. The summed E-state index contributed by atoms with van der Waals surface area (Å²) in [6, 6.07) is 14.6. The highest BCUT2D eigenvalue weighted by atomic mass is 35.5. The van der Waals surface area contributed by atoms with Gasteiger partial charge in [-0.2, -0.15) is 0 Å². The average molecular weight is 333 g/mol. The highest BCUT2D eigenvalue weighted by Gasteiger charge is 2.20. The summed E-state index contributed by atoms with van der Waals surface area (Å²) in [6.45, 7) is 1.19. The Balaban J connectivity index is 1.43. The number of fused-ring (bicyclic) bond motifs is 1. The number of carbonyl (C=O) groups is 1. The topological polar surface area (TPSA) is 59.6 Å². The molecule has 1 atom stereocenters. The second-order valence-corrected chi connectivity index (χ2v) is 5.63. The van der Waals surface area contributed by atoms with Crippen molar-refractivity contribution in [2.24, 2.45) is 0 Å². The van der Waals surface area contributed by atoms with E-state index in [0.717, 1.165) is 11.3 Å². The normalized spacial score (nSPS) is 15.8. The smallest absolute Gasteiger partial charge is 0.315 e. The van der Waals surface area contributed by atoms with Crippen molar-refractivity contribution in [1.82, 2.24) is 10.6 Å². The highest BCUT2D eigenvalue weighted by molar-refractivity contribution is 6.30. The zero-order chi connectivity index (χ0) is 16.1. The minimum absolute atomic E-state index is 0.207. The van der Waals surface area contributed by atoms with E-state index >= 15 is 0 Å². The minimum Gasteiger partial charge on any atom is -0.486 e. The Hall–Kier alpha value is -2.40. The molecule has 0 saturated heterocycles. The van der Waals surface area contributed by atoms with Crippen LogP contribution in [0.15, 0.2) is 48.5 Å². The fraction of sp³-hybridized carbons (Fsp3) is 0.235. The first kappa shape index (κ1) is 15.5. The molecule has 0 aromatic heterocycles. The molecule has 0 radical (unpaired) electrons. The van der Waals surface area contributed by atoms with Gasteiger partial charge in [0.05, 0.1) is 6.54 Å². The zero-order valence-electron chi connectivity index (χ0n) is 12.4. The van der Waals surface area contributed by atoms with Gasteiger partial charge in [-0.25, -0.2) is 4.79 Å². The van der Waals surface area contributed by atoms with Gasteiger partial charge in [0.15, 0.2) is 17.6 Å². The van der Waals surface area contributed by atoms with Gasteiger partial charge in [-0.3, -0.25) is 0 Å². The molecule has 0 fully saturated rings. The van der Waals surface area contributed by atoms with Crippen molar-refractivity contribution in [3.63, 3.8) is 0 Å². The predicted octanol–water partition coefficient (Wildman–Crippen LogP) is 2.98. The van der Waals surface area contributed by atoms with Crippen LogP contribution in [0, 0.1) is 0 Å². The Morgan fingerprint density at radius 2 is 1.96 bits per heavy atom. The molecule has 23 heavy (non-hydrogen) atoms. The van der Waals surface area contributed by atoms with Crippen molar-refractivity contribution in [1.29, 1.82) is 0 Å². The SMILES string of the molecule is O=C(NCc1cccc(Cl)c1)NC[C@@H]1COc2ccccc2O1. The van der Waals surface area contributed by atoms with Gasteiger partial charge < -0.3 is 20.1 Å². The summed E-state index contributed by atoms with van der Waals surface area (Å²) >= 11 is 5.91. The standard InChI is InChI=1S/C17H17ClN2O3/c18-13-5-3-4-12(8-13)9-19-17(21)20-10-14-11-22-15-6-1-2-7-16(15)23-14/h1-8,14H,9-11H2,(H2,19,20,21)/t14-/m1/s1. The van der Waals surface area contributed by atoms with Crippen LogP contribution in [0.5, 0.6) is 11.5 Å². The van der Waals surface area contributed by atoms with E-state index in [-0.39, 0.29) is 12.1 Å². The van der Waals surface area contributed by atoms with Crippen LogP contribution in [-0.4, -0.2) is 25.3 Å². The van der Waals surface area contributed by atoms with Crippen LogP contribution in [0.4, 0.5) is 4.79 Å². The van der Waals surface area contributed by atoms with Crippen molar-refractivity contribution in [3.05, 3.63) is 59.1 Å². The predicted molar refractivity (Wildman–Crippen MR) is 88.0 cm³/mol. The molecule has 2 aromatic carbocycles. The lowest BCUT2D eigenvalue weighted by molar-refractivity contribution is 0.0918. The van der Waals surface area contributed by atoms with Crippen molar-refractivity contribution in [2.45, 2.75) is 12.6 Å². The lowest BCUT2D eigenvalue weighted by Crippen LogP contribution is -2.44. The molecule has 2 aromatic rings. The first-order valence-corrected chi connectivity index (χ1v) is 7.73. The molecule has 1 aliphatic heterocycles. The minimum atomic E-state index is -0.257. The average Bonchev–Trinajstić information content (AvgIpc) is 2.58. The zero-order valence-corrected chi connectivity index (χ0v) is 13.2. The summed E-state index contributed by atoms with van der Waals surface area (Å²) in [5.41, 5.74) is 0.943. The third-order valence-corrected chi connectivity index (χ3v) is 3.64. The van der Waals surface area contributed by atoms with Crippen molar-refractivity contribution in [2.75, 3.05) is 13.2 Å². The summed E-state index contributed by atoms with van der Waals surface area (Å²) < 4.78 is 11.4. The van der Waals surface area contributed by atoms with Gasteiger partial charge in [0, 0.05) is 11.6 Å². The summed E-state index contributed by atoms with van der Waals surface area (Å²) in [5, 5.41) is 6.21. The second-order valence-electron chi connectivity index (χ2n) is 5.19. The van der Waals surface area contributed by atoms with Crippen LogP contribution in [0.25, 0.3) is 0 Å². The molecular formula is C17H17ClN2O3. The molecule has 0 saturated carbocycles. The van der Waals surface area contributed by atoms with E-state index in [4.69, 9.17) is 21.1 Å². The van der Waals surface area contributed by atoms with Gasteiger partial charge in [-0.1, -0.05) is 35.9 Å². The number of benzene rings is 2. The molecule has 0 bridgehead atoms. The van der Waals surface area contributed by atoms with Gasteiger partial charge in [-0.05, 0) is 29.8 Å². The molecule has 2 amide bonds. The van der Waals surface area contributed by atoms with Crippen molar-refractivity contribution < 1.29 is 14.3 Å². The Labute approximate surface area is 139 Å². The summed E-state index contributed by atoms with van der Waals surface area (Å²) in [6.07, 6.45) is -0.207. The fourth-order valence-electron chi connectivity index (χ4n) is 2.26. The Kier molecular flexibility index (Phi) is 4.88. The molecule has 1 heterocycles. The number of nitrogens with one attached hydrogen (secondary N) is 2. The number of urea groups is 1. The third-order valence-electron chi connectivity index (χ3n) is 3.40. The molecule has 2 N–H and O–H groups in total. The molecule has 0 spiro atoms. The molecule has 6 heteroatoms. The van der Waals surface area contributed by atoms with E-state index in [0.29, 0.717) is 30.5 Å². The summed E-state index contributed by atoms with van der Waals surface area (Å²) in [5.74, 6) is 1.43. The third kappa shape index (κ3) is 4.29. The largest absolute Gasteiger partial charge is 0.486 e. The number of rotatable bonds is 4. The molecule has 5 nitrogen and oxygen atoms in total. The quantitative estimate of drug-likeness (QED) is 0.905. The molecule has 0 unspecified atom stereocenters. The van der Waals surface area contributed by atoms with E-state index < -0.39 is 0 Å². The molecule has 3 rings (SSSR count). The summed E-state index contributed by atoms with van der Waals surface area (Å²) in [7, 11) is 0. The number of amides is 2.